The van der Waals surface area contributed by atoms with Crippen LogP contribution in [0.2, 0.25) is 0 Å². The predicted octanol–water partition coefficient (Wildman–Crippen LogP) is 0.589. The topological polar surface area (TPSA) is 80.7 Å². The van der Waals surface area contributed by atoms with Gasteiger partial charge >= 0.3 is 10.1 Å². The molecule has 0 amide bonds. The first-order valence-electron chi connectivity index (χ1n) is 4.52. The second-order valence-corrected chi connectivity index (χ2v) is 4.90. The number of carbonyl (C=O) groups excluding carboxylic acids is 1. The Morgan fingerprint density at radius 2 is 1.94 bits per heavy atom. The summed E-state index contributed by atoms with van der Waals surface area (Å²) in [6.07, 6.45) is -0.319. The van der Waals surface area contributed by atoms with Crippen LogP contribution >= 0.6 is 0 Å². The molecule has 0 spiro atoms. The molecule has 1 unspecified atom stereocenters. The van der Waals surface area contributed by atoms with Gasteiger partial charge in [0, 0.05) is 0 Å². The van der Waals surface area contributed by atoms with E-state index in [1.807, 2.05) is 0 Å². The normalized spacial score (nSPS) is 13.2. The van der Waals surface area contributed by atoms with Crippen molar-refractivity contribution in [3.05, 3.63) is 29.8 Å². The fraction of sp³-hybridized carbons (Fsp3) is 0.300. The van der Waals surface area contributed by atoms with Crippen LogP contribution in [0.4, 0.5) is 0 Å². The van der Waals surface area contributed by atoms with E-state index in [9.17, 15) is 13.2 Å². The summed E-state index contributed by atoms with van der Waals surface area (Å²) >= 11 is 0. The molecule has 0 aliphatic rings. The van der Waals surface area contributed by atoms with Gasteiger partial charge < -0.3 is 9.29 Å². The summed E-state index contributed by atoms with van der Waals surface area (Å²) < 4.78 is 26.5. The van der Waals surface area contributed by atoms with Crippen LogP contribution in [-0.2, 0) is 10.1 Å². The van der Waals surface area contributed by atoms with E-state index in [-0.39, 0.29) is 11.3 Å². The van der Waals surface area contributed by atoms with Gasteiger partial charge in [-0.15, -0.1) is 0 Å². The minimum atomic E-state index is -3.69. The molecular weight excluding hydrogens is 232 g/mol. The number of aliphatic hydroxyl groups excluding tert-OH is 1. The summed E-state index contributed by atoms with van der Waals surface area (Å²) in [5, 5.41) is 9.14. The fourth-order valence-electron chi connectivity index (χ4n) is 1.13. The number of Topliss-reactive ketones (excluding diaryl/α,β-unsaturated/α-hetero) is 1. The molecule has 0 aliphatic heterocycles. The van der Waals surface area contributed by atoms with Gasteiger partial charge in [0.25, 0.3) is 0 Å². The largest absolute Gasteiger partial charge is 0.385 e. The number of rotatable bonds is 4. The zero-order valence-electron chi connectivity index (χ0n) is 8.88. The third-order valence-electron chi connectivity index (χ3n) is 1.77. The summed E-state index contributed by atoms with van der Waals surface area (Å²) in [4.78, 5) is 11.5. The number of para-hydroxylation sites is 1. The van der Waals surface area contributed by atoms with E-state index in [2.05, 4.69) is 4.18 Å². The number of ketones is 1. The summed E-state index contributed by atoms with van der Waals surface area (Å²) in [6.45, 7) is 1.31. The maximum absolute atomic E-state index is 11.5. The molecule has 0 bridgehead atoms. The fourth-order valence-corrected chi connectivity index (χ4v) is 1.60. The molecule has 0 saturated carbocycles. The molecule has 0 saturated heterocycles. The molecule has 1 aromatic rings. The van der Waals surface area contributed by atoms with Gasteiger partial charge in [-0.1, -0.05) is 12.1 Å². The lowest BCUT2D eigenvalue weighted by Gasteiger charge is -2.09. The minimum Gasteiger partial charge on any atom is -0.385 e. The van der Waals surface area contributed by atoms with Crippen LogP contribution in [0.25, 0.3) is 0 Å². The molecular formula is C10H12O5S. The van der Waals surface area contributed by atoms with Crippen molar-refractivity contribution in [2.75, 3.05) is 6.26 Å². The Hall–Kier alpha value is -1.40. The van der Waals surface area contributed by atoms with E-state index in [0.29, 0.717) is 0 Å². The molecule has 0 radical (unpaired) electrons. The standard InChI is InChI=1S/C10H12O5S/c1-7(11)10(12)8-5-3-4-6-9(8)15-16(2,13)14/h3-7,11H,1-2H3. The van der Waals surface area contributed by atoms with Crippen molar-refractivity contribution in [1.29, 1.82) is 0 Å². The molecule has 1 rings (SSSR count). The van der Waals surface area contributed by atoms with Crippen molar-refractivity contribution in [2.24, 2.45) is 0 Å². The smallest absolute Gasteiger partial charge is 0.306 e. The van der Waals surface area contributed by atoms with Crippen molar-refractivity contribution in [1.82, 2.24) is 0 Å². The van der Waals surface area contributed by atoms with Gasteiger partial charge in [0.1, 0.15) is 6.10 Å². The average Bonchev–Trinajstić information content (AvgIpc) is 2.15. The van der Waals surface area contributed by atoms with Gasteiger partial charge in [-0.25, -0.2) is 0 Å². The van der Waals surface area contributed by atoms with E-state index in [0.717, 1.165) is 6.26 Å². The van der Waals surface area contributed by atoms with E-state index >= 15 is 0 Å². The predicted molar refractivity (Wildman–Crippen MR) is 57.9 cm³/mol. The lowest BCUT2D eigenvalue weighted by molar-refractivity contribution is 0.0778. The number of hydrogen-bond donors (Lipinski definition) is 1. The lowest BCUT2D eigenvalue weighted by Crippen LogP contribution is -2.18. The minimum absolute atomic E-state index is 0.0444. The molecule has 1 N–H and O–H groups in total. The van der Waals surface area contributed by atoms with Gasteiger partial charge in [-0.2, -0.15) is 8.42 Å². The lowest BCUT2D eigenvalue weighted by atomic mass is 10.1. The van der Waals surface area contributed by atoms with Crippen molar-refractivity contribution in [2.45, 2.75) is 13.0 Å². The van der Waals surface area contributed by atoms with E-state index in [4.69, 9.17) is 5.11 Å². The number of benzene rings is 1. The van der Waals surface area contributed by atoms with Gasteiger partial charge in [0.15, 0.2) is 11.5 Å². The molecule has 0 aliphatic carbocycles. The highest BCUT2D eigenvalue weighted by Crippen LogP contribution is 2.20. The summed E-state index contributed by atoms with van der Waals surface area (Å²) in [5.74, 6) is -0.657. The molecule has 5 nitrogen and oxygen atoms in total. The van der Waals surface area contributed by atoms with Gasteiger partial charge in [-0.05, 0) is 19.1 Å². The van der Waals surface area contributed by atoms with Crippen molar-refractivity contribution >= 4 is 15.9 Å². The Balaban J connectivity index is 3.16. The first-order valence-corrected chi connectivity index (χ1v) is 6.33. The average molecular weight is 244 g/mol. The summed E-state index contributed by atoms with van der Waals surface area (Å²) in [6, 6.07) is 5.86. The van der Waals surface area contributed by atoms with E-state index in [1.54, 1.807) is 12.1 Å². The van der Waals surface area contributed by atoms with Crippen molar-refractivity contribution < 1.29 is 22.5 Å². The molecule has 0 heterocycles. The first kappa shape index (κ1) is 12.7. The second-order valence-electron chi connectivity index (χ2n) is 3.32. The Bertz CT molecular complexity index is 490. The maximum Gasteiger partial charge on any atom is 0.306 e. The number of aliphatic hydroxyl groups is 1. The van der Waals surface area contributed by atoms with Crippen LogP contribution in [0.1, 0.15) is 17.3 Å². The molecule has 88 valence electrons. The third kappa shape index (κ3) is 3.32. The van der Waals surface area contributed by atoms with Crippen LogP contribution in [0.15, 0.2) is 24.3 Å². The maximum atomic E-state index is 11.5. The Morgan fingerprint density at radius 1 is 1.38 bits per heavy atom. The van der Waals surface area contributed by atoms with Gasteiger partial charge in [0.05, 0.1) is 11.8 Å². The molecule has 0 aromatic heterocycles. The quantitative estimate of drug-likeness (QED) is 0.619. The van der Waals surface area contributed by atoms with Crippen LogP contribution in [-0.4, -0.2) is 31.7 Å². The van der Waals surface area contributed by atoms with Gasteiger partial charge in [-0.3, -0.25) is 4.79 Å². The van der Waals surface area contributed by atoms with Crippen LogP contribution < -0.4 is 4.18 Å². The second kappa shape index (κ2) is 4.63. The zero-order chi connectivity index (χ0) is 12.3. The highest BCUT2D eigenvalue weighted by atomic mass is 32.2. The van der Waals surface area contributed by atoms with Crippen LogP contribution in [0, 0.1) is 0 Å². The number of carbonyl (C=O) groups is 1. The van der Waals surface area contributed by atoms with E-state index < -0.39 is 22.0 Å². The summed E-state index contributed by atoms with van der Waals surface area (Å²) in [5.41, 5.74) is 0.0444. The first-order chi connectivity index (χ1) is 7.31. The highest BCUT2D eigenvalue weighted by molar-refractivity contribution is 7.86. The van der Waals surface area contributed by atoms with Gasteiger partial charge in [0.2, 0.25) is 0 Å². The Kier molecular flexibility index (Phi) is 3.66. The monoisotopic (exact) mass is 244 g/mol. The van der Waals surface area contributed by atoms with Crippen molar-refractivity contribution in [3.63, 3.8) is 0 Å². The number of hydrogen-bond acceptors (Lipinski definition) is 5. The zero-order valence-corrected chi connectivity index (χ0v) is 9.69. The molecule has 6 heteroatoms. The molecule has 0 fully saturated rings. The summed E-state index contributed by atoms with van der Waals surface area (Å²) in [7, 11) is -3.69. The SMILES string of the molecule is CC(O)C(=O)c1ccccc1OS(C)(=O)=O. The Morgan fingerprint density at radius 3 is 2.44 bits per heavy atom. The van der Waals surface area contributed by atoms with Crippen LogP contribution in [0.3, 0.4) is 0 Å². The molecule has 1 aromatic carbocycles. The molecule has 1 atom stereocenters. The highest BCUT2D eigenvalue weighted by Gasteiger charge is 2.18. The van der Waals surface area contributed by atoms with Crippen LogP contribution in [0.5, 0.6) is 5.75 Å². The van der Waals surface area contributed by atoms with Crippen molar-refractivity contribution in [3.8, 4) is 5.75 Å². The van der Waals surface area contributed by atoms with E-state index in [1.165, 1.54) is 19.1 Å². The third-order valence-corrected chi connectivity index (χ3v) is 2.26. The molecule has 16 heavy (non-hydrogen) atoms. The Labute approximate surface area is 93.8 Å².